The molecule has 1 fully saturated rings. The molecular weight excluding hydrogens is 351 g/mol. The second-order valence-corrected chi connectivity index (χ2v) is 6.94. The molecule has 0 saturated carbocycles. The van der Waals surface area contributed by atoms with Gasteiger partial charge in [-0.3, -0.25) is 19.6 Å². The maximum Gasteiger partial charge on any atom is 0.320 e. The Morgan fingerprint density at radius 2 is 2.15 bits per heavy atom. The van der Waals surface area contributed by atoms with Crippen molar-refractivity contribution in [2.75, 3.05) is 20.6 Å². The molecule has 0 unspecified atom stereocenters. The fraction of sp³-hybridized carbons (Fsp3) is 0.421. The maximum absolute atomic E-state index is 14.4. The number of aromatic nitrogens is 2. The first kappa shape index (κ1) is 19.0. The van der Waals surface area contributed by atoms with Crippen LogP contribution in [0.1, 0.15) is 23.6 Å². The molecule has 1 aromatic heterocycles. The van der Waals surface area contributed by atoms with Crippen LogP contribution in [-0.4, -0.2) is 63.7 Å². The van der Waals surface area contributed by atoms with Crippen molar-refractivity contribution in [1.82, 2.24) is 20.0 Å². The smallest absolute Gasteiger partial charge is 0.320 e. The molecule has 7 nitrogen and oxygen atoms in total. The van der Waals surface area contributed by atoms with Crippen LogP contribution in [0.5, 0.6) is 0 Å². The van der Waals surface area contributed by atoms with Crippen LogP contribution in [0.2, 0.25) is 0 Å². The van der Waals surface area contributed by atoms with Crippen LogP contribution in [0, 0.1) is 11.7 Å². The highest BCUT2D eigenvalue weighted by Gasteiger charge is 2.47. The Bertz CT molecular complexity index is 811. The van der Waals surface area contributed by atoms with E-state index in [0.29, 0.717) is 18.5 Å². The number of benzene rings is 1. The van der Waals surface area contributed by atoms with Crippen molar-refractivity contribution in [2.24, 2.45) is 5.92 Å². The summed E-state index contributed by atoms with van der Waals surface area (Å²) in [6, 6.07) is 4.79. The molecule has 0 aliphatic carbocycles. The van der Waals surface area contributed by atoms with Gasteiger partial charge in [0.2, 0.25) is 5.91 Å². The van der Waals surface area contributed by atoms with Gasteiger partial charge in [-0.05, 0) is 31.5 Å². The van der Waals surface area contributed by atoms with Gasteiger partial charge in [0.25, 0.3) is 0 Å². The number of halogens is 1. The monoisotopic (exact) mass is 374 g/mol. The van der Waals surface area contributed by atoms with Gasteiger partial charge in [0.1, 0.15) is 11.9 Å². The molecule has 0 spiro atoms. The summed E-state index contributed by atoms with van der Waals surface area (Å²) >= 11 is 0. The first-order chi connectivity index (χ1) is 12.9. The van der Waals surface area contributed by atoms with Crippen molar-refractivity contribution in [1.29, 1.82) is 0 Å². The van der Waals surface area contributed by atoms with Crippen molar-refractivity contribution >= 4 is 11.9 Å². The van der Waals surface area contributed by atoms with Crippen LogP contribution in [0.3, 0.4) is 0 Å². The lowest BCUT2D eigenvalue weighted by Gasteiger charge is -2.29. The third kappa shape index (κ3) is 3.85. The normalized spacial score (nSPS) is 22.7. The molecule has 3 atom stereocenters. The zero-order chi connectivity index (χ0) is 19.6. The minimum absolute atomic E-state index is 0.152. The molecular formula is C19H23FN4O3. The summed E-state index contributed by atoms with van der Waals surface area (Å²) in [7, 11) is 3.32. The van der Waals surface area contributed by atoms with Gasteiger partial charge >= 0.3 is 5.97 Å². The fourth-order valence-corrected chi connectivity index (χ4v) is 3.78. The van der Waals surface area contributed by atoms with Crippen molar-refractivity contribution < 1.29 is 19.1 Å². The van der Waals surface area contributed by atoms with Crippen molar-refractivity contribution in [3.63, 3.8) is 0 Å². The van der Waals surface area contributed by atoms with Crippen molar-refractivity contribution in [2.45, 2.75) is 24.9 Å². The third-order valence-electron chi connectivity index (χ3n) is 5.28. The molecule has 144 valence electrons. The van der Waals surface area contributed by atoms with Crippen molar-refractivity contribution in [3.8, 4) is 0 Å². The second-order valence-electron chi connectivity index (χ2n) is 6.94. The van der Waals surface area contributed by atoms with Gasteiger partial charge in [-0.1, -0.05) is 18.2 Å². The number of nitrogens with one attached hydrogen (secondary N) is 1. The van der Waals surface area contributed by atoms with Gasteiger partial charge in [0.05, 0.1) is 12.1 Å². The van der Waals surface area contributed by atoms with Crippen LogP contribution in [0.25, 0.3) is 0 Å². The molecule has 1 aromatic carbocycles. The number of likely N-dealkylation sites (N-methyl/N-ethyl adjacent to an activating group) is 2. The molecule has 1 saturated heterocycles. The van der Waals surface area contributed by atoms with Crippen LogP contribution < -0.4 is 0 Å². The number of hydrogen-bond donors (Lipinski definition) is 2. The molecule has 1 amide bonds. The minimum Gasteiger partial charge on any atom is -0.480 e. The lowest BCUT2D eigenvalue weighted by atomic mass is 9.91. The van der Waals surface area contributed by atoms with E-state index in [1.807, 2.05) is 0 Å². The number of carbonyl (C=O) groups excluding carboxylic acids is 1. The number of aliphatic carboxylic acids is 1. The van der Waals surface area contributed by atoms with E-state index in [9.17, 15) is 19.1 Å². The van der Waals surface area contributed by atoms with E-state index in [0.717, 1.165) is 5.56 Å². The molecule has 3 rings (SSSR count). The van der Waals surface area contributed by atoms with E-state index < -0.39 is 29.8 Å². The molecule has 0 radical (unpaired) electrons. The highest BCUT2D eigenvalue weighted by atomic mass is 19.1. The van der Waals surface area contributed by atoms with Crippen molar-refractivity contribution in [3.05, 3.63) is 53.6 Å². The van der Waals surface area contributed by atoms with Gasteiger partial charge in [-0.15, -0.1) is 0 Å². The molecule has 1 aliphatic heterocycles. The molecule has 2 heterocycles. The number of carboxylic acids is 1. The summed E-state index contributed by atoms with van der Waals surface area (Å²) in [5.41, 5.74) is 1.33. The number of carboxylic acid groups (broad SMARTS) is 1. The zero-order valence-electron chi connectivity index (χ0n) is 15.3. The van der Waals surface area contributed by atoms with E-state index >= 15 is 0 Å². The number of amides is 1. The second kappa shape index (κ2) is 7.87. The average molecular weight is 374 g/mol. The Balaban J connectivity index is 1.82. The van der Waals surface area contributed by atoms with Gasteiger partial charge in [0.15, 0.2) is 0 Å². The summed E-state index contributed by atoms with van der Waals surface area (Å²) in [6.07, 6.45) is 4.25. The summed E-state index contributed by atoms with van der Waals surface area (Å²) in [4.78, 5) is 27.9. The van der Waals surface area contributed by atoms with E-state index in [-0.39, 0.29) is 12.3 Å². The Morgan fingerprint density at radius 1 is 1.41 bits per heavy atom. The van der Waals surface area contributed by atoms with Gasteiger partial charge in [-0.2, -0.15) is 5.10 Å². The van der Waals surface area contributed by atoms with Gasteiger partial charge < -0.3 is 10.0 Å². The van der Waals surface area contributed by atoms with Crippen LogP contribution in [0.15, 0.2) is 36.7 Å². The molecule has 0 bridgehead atoms. The molecule has 2 N–H and O–H groups in total. The number of likely N-dealkylation sites (tertiary alicyclic amines) is 1. The largest absolute Gasteiger partial charge is 0.480 e. The van der Waals surface area contributed by atoms with E-state index in [1.165, 1.54) is 6.07 Å². The minimum atomic E-state index is -1.00. The average Bonchev–Trinajstić information content (AvgIpc) is 3.27. The number of rotatable bonds is 6. The molecule has 8 heteroatoms. The SMILES string of the molecule is CN(CCc1cn[nH]c1)C(=O)[C@H]1C[C@@H](C(=O)O)N(C)[C@H]1c1ccccc1F. The van der Waals surface area contributed by atoms with Gasteiger partial charge in [-0.25, -0.2) is 4.39 Å². The molecule has 1 aliphatic rings. The summed E-state index contributed by atoms with van der Waals surface area (Å²) in [6.45, 7) is 0.473. The van der Waals surface area contributed by atoms with Crippen LogP contribution >= 0.6 is 0 Å². The highest BCUT2D eigenvalue weighted by Crippen LogP contribution is 2.41. The quantitative estimate of drug-likeness (QED) is 0.803. The molecule has 27 heavy (non-hydrogen) atoms. The van der Waals surface area contributed by atoms with E-state index in [1.54, 1.807) is 54.5 Å². The van der Waals surface area contributed by atoms with Crippen LogP contribution in [-0.2, 0) is 16.0 Å². The van der Waals surface area contributed by atoms with Crippen LogP contribution in [0.4, 0.5) is 4.39 Å². The predicted molar refractivity (Wildman–Crippen MR) is 96.4 cm³/mol. The first-order valence-corrected chi connectivity index (χ1v) is 8.82. The fourth-order valence-electron chi connectivity index (χ4n) is 3.78. The predicted octanol–water partition coefficient (Wildman–Crippen LogP) is 1.70. The number of H-pyrrole nitrogens is 1. The topological polar surface area (TPSA) is 89.5 Å². The summed E-state index contributed by atoms with van der Waals surface area (Å²) < 4.78 is 14.4. The Morgan fingerprint density at radius 3 is 2.78 bits per heavy atom. The summed E-state index contributed by atoms with van der Waals surface area (Å²) in [5, 5.41) is 16.1. The standard InChI is InChI=1S/C19H23FN4O3/c1-23(8-7-12-10-21-22-11-12)18(25)14-9-16(19(26)27)24(2)17(14)13-5-3-4-6-15(13)20/h3-6,10-11,14,16-17H,7-9H2,1-2H3,(H,21,22)(H,26,27)/t14-,16-,17-/m0/s1. The third-order valence-corrected chi connectivity index (χ3v) is 5.28. The Labute approximate surface area is 156 Å². The first-order valence-electron chi connectivity index (χ1n) is 8.82. The van der Waals surface area contributed by atoms with E-state index in [2.05, 4.69) is 10.2 Å². The Kier molecular flexibility index (Phi) is 5.55. The number of aromatic amines is 1. The highest BCUT2D eigenvalue weighted by molar-refractivity contribution is 5.83. The number of hydrogen-bond acceptors (Lipinski definition) is 4. The number of carbonyl (C=O) groups is 2. The summed E-state index contributed by atoms with van der Waals surface area (Å²) in [5.74, 6) is -2.24. The van der Waals surface area contributed by atoms with Gasteiger partial charge in [0, 0.05) is 31.4 Å². The lowest BCUT2D eigenvalue weighted by Crippen LogP contribution is -2.37. The number of nitrogens with zero attached hydrogens (tertiary/aromatic N) is 3. The Hall–Kier alpha value is -2.74. The molecule has 2 aromatic rings. The zero-order valence-corrected chi connectivity index (χ0v) is 15.3. The lowest BCUT2D eigenvalue weighted by molar-refractivity contribution is -0.142. The van der Waals surface area contributed by atoms with E-state index in [4.69, 9.17) is 0 Å². The maximum atomic E-state index is 14.4.